The van der Waals surface area contributed by atoms with Gasteiger partial charge < -0.3 is 0 Å². The van der Waals surface area contributed by atoms with Crippen LogP contribution in [0.2, 0.25) is 0 Å². The first-order valence-corrected chi connectivity index (χ1v) is 6.34. The predicted octanol–water partition coefficient (Wildman–Crippen LogP) is 3.16. The zero-order valence-corrected chi connectivity index (χ0v) is 12.3. The minimum atomic E-state index is 0.00981. The van der Waals surface area contributed by atoms with Crippen LogP contribution in [0.25, 0.3) is 0 Å². The van der Waals surface area contributed by atoms with Crippen molar-refractivity contribution < 1.29 is 4.79 Å². The Labute approximate surface area is 120 Å². The Kier molecular flexibility index (Phi) is 10.1. The fourth-order valence-corrected chi connectivity index (χ4v) is 1.06. The lowest BCUT2D eigenvalue weighted by atomic mass is 10.3. The van der Waals surface area contributed by atoms with Crippen molar-refractivity contribution in [3.05, 3.63) is 54.4 Å². The summed E-state index contributed by atoms with van der Waals surface area (Å²) in [4.78, 5) is 22.2. The van der Waals surface area contributed by atoms with Gasteiger partial charge in [0, 0.05) is 25.5 Å². The number of carbonyl (C=O) groups is 1. The van der Waals surface area contributed by atoms with Crippen LogP contribution in [0, 0.1) is 11.8 Å². The van der Waals surface area contributed by atoms with Gasteiger partial charge in [0.05, 0.1) is 6.20 Å². The quantitative estimate of drug-likeness (QED) is 0.589. The molecule has 0 aromatic carbocycles. The summed E-state index contributed by atoms with van der Waals surface area (Å²) >= 11 is 0. The molecule has 104 valence electrons. The zero-order valence-electron chi connectivity index (χ0n) is 12.3. The Hall–Kier alpha value is -2.54. The minimum Gasteiger partial charge on any atom is -0.293 e. The second kappa shape index (κ2) is 11.5. The maximum absolute atomic E-state index is 10.6. The summed E-state index contributed by atoms with van der Waals surface area (Å²) in [5, 5.41) is 0. The summed E-state index contributed by atoms with van der Waals surface area (Å²) in [6.07, 6.45) is 6.49. The molecule has 0 unspecified atom stereocenters. The molecule has 0 aliphatic carbocycles. The highest BCUT2D eigenvalue weighted by atomic mass is 16.1. The second-order valence-electron chi connectivity index (χ2n) is 3.24. The summed E-state index contributed by atoms with van der Waals surface area (Å²) in [5.74, 6) is 5.53. The fourth-order valence-electron chi connectivity index (χ4n) is 1.06. The van der Waals surface area contributed by atoms with Crippen LogP contribution in [0.1, 0.15) is 43.9 Å². The number of hydrogen-bond acceptors (Lipinski definition) is 4. The van der Waals surface area contributed by atoms with Gasteiger partial charge in [0.25, 0.3) is 0 Å². The van der Waals surface area contributed by atoms with Gasteiger partial charge in [0.2, 0.25) is 0 Å². The summed E-state index contributed by atoms with van der Waals surface area (Å²) < 4.78 is 0. The second-order valence-corrected chi connectivity index (χ2v) is 3.24. The van der Waals surface area contributed by atoms with Crippen molar-refractivity contribution in [2.24, 2.45) is 0 Å². The molecule has 2 rings (SSSR count). The lowest BCUT2D eigenvalue weighted by Gasteiger charge is -1.88. The van der Waals surface area contributed by atoms with Gasteiger partial charge in [-0.2, -0.15) is 0 Å². The van der Waals surface area contributed by atoms with Crippen LogP contribution in [0.15, 0.2) is 43.0 Å². The normalized spacial score (nSPS) is 7.80. The molecule has 2 aromatic rings. The van der Waals surface area contributed by atoms with Crippen LogP contribution >= 0.6 is 0 Å². The molecule has 0 spiro atoms. The Balaban J connectivity index is 0.000000321. The van der Waals surface area contributed by atoms with E-state index < -0.39 is 0 Å². The van der Waals surface area contributed by atoms with Crippen molar-refractivity contribution in [2.45, 2.75) is 27.7 Å². The van der Waals surface area contributed by atoms with Crippen molar-refractivity contribution in [3.63, 3.8) is 0 Å². The predicted molar refractivity (Wildman–Crippen MR) is 80.2 cm³/mol. The van der Waals surface area contributed by atoms with Crippen LogP contribution in [0.4, 0.5) is 0 Å². The van der Waals surface area contributed by atoms with Crippen LogP contribution in [-0.2, 0) is 0 Å². The van der Waals surface area contributed by atoms with E-state index in [0.717, 1.165) is 5.69 Å². The van der Waals surface area contributed by atoms with Gasteiger partial charge in [0.1, 0.15) is 11.4 Å². The zero-order chi connectivity index (χ0) is 15.2. The van der Waals surface area contributed by atoms with E-state index in [-0.39, 0.29) is 5.78 Å². The van der Waals surface area contributed by atoms with Gasteiger partial charge in [0.15, 0.2) is 5.78 Å². The topological polar surface area (TPSA) is 55.7 Å². The number of pyridine rings is 1. The van der Waals surface area contributed by atoms with E-state index in [9.17, 15) is 4.79 Å². The fraction of sp³-hybridized carbons (Fsp3) is 0.250. The molecular formula is C16H19N3O. The molecule has 2 heterocycles. The summed E-state index contributed by atoms with van der Waals surface area (Å²) in [6, 6.07) is 5.28. The largest absolute Gasteiger partial charge is 0.293 e. The van der Waals surface area contributed by atoms with E-state index in [1.165, 1.54) is 6.92 Å². The molecule has 0 aliphatic heterocycles. The Morgan fingerprint density at radius 1 is 1.10 bits per heavy atom. The number of carbonyl (C=O) groups excluding carboxylic acids is 1. The van der Waals surface area contributed by atoms with Gasteiger partial charge >= 0.3 is 0 Å². The molecule has 4 nitrogen and oxygen atoms in total. The molecule has 0 fully saturated rings. The van der Waals surface area contributed by atoms with E-state index in [0.29, 0.717) is 5.69 Å². The number of hydrogen-bond donors (Lipinski definition) is 0. The maximum atomic E-state index is 10.6. The first-order valence-electron chi connectivity index (χ1n) is 6.34. The Morgan fingerprint density at radius 2 is 1.85 bits per heavy atom. The standard InChI is InChI=1S/C7H6N2.C7H7NO.C2H6/c1-2-3-7-6-8-4-5-9-7;1-6(9)7-4-2-3-5-8-7;1-2/h4-6H,1H3;2-5H,1H3;1-2H3. The Bertz CT molecular complexity index is 542. The Morgan fingerprint density at radius 3 is 2.25 bits per heavy atom. The summed E-state index contributed by atoms with van der Waals surface area (Å²) in [5.41, 5.74) is 1.25. The van der Waals surface area contributed by atoms with Crippen molar-refractivity contribution in [1.82, 2.24) is 15.0 Å². The number of aromatic nitrogens is 3. The van der Waals surface area contributed by atoms with Gasteiger partial charge in [-0.25, -0.2) is 4.98 Å². The molecule has 20 heavy (non-hydrogen) atoms. The lowest BCUT2D eigenvalue weighted by Crippen LogP contribution is -1.93. The highest BCUT2D eigenvalue weighted by Crippen LogP contribution is 1.92. The van der Waals surface area contributed by atoms with E-state index in [1.807, 2.05) is 13.8 Å². The van der Waals surface area contributed by atoms with Crippen molar-refractivity contribution in [3.8, 4) is 11.8 Å². The van der Waals surface area contributed by atoms with Gasteiger partial charge in [-0.1, -0.05) is 25.8 Å². The maximum Gasteiger partial charge on any atom is 0.178 e. The molecule has 0 radical (unpaired) electrons. The van der Waals surface area contributed by atoms with Crippen LogP contribution in [-0.4, -0.2) is 20.7 Å². The highest BCUT2D eigenvalue weighted by molar-refractivity contribution is 5.91. The molecular weight excluding hydrogens is 250 g/mol. The van der Waals surface area contributed by atoms with Crippen LogP contribution in [0.3, 0.4) is 0 Å². The van der Waals surface area contributed by atoms with Crippen LogP contribution < -0.4 is 0 Å². The van der Waals surface area contributed by atoms with Crippen molar-refractivity contribution in [1.29, 1.82) is 0 Å². The average Bonchev–Trinajstić information content (AvgIpc) is 2.52. The number of rotatable bonds is 1. The van der Waals surface area contributed by atoms with Crippen molar-refractivity contribution >= 4 is 5.78 Å². The molecule has 4 heteroatoms. The highest BCUT2D eigenvalue weighted by Gasteiger charge is 1.94. The third-order valence-corrected chi connectivity index (χ3v) is 1.84. The SMILES string of the molecule is CC.CC#Cc1cnccn1.CC(=O)c1ccccn1. The lowest BCUT2D eigenvalue weighted by molar-refractivity contribution is 0.101. The third-order valence-electron chi connectivity index (χ3n) is 1.84. The first-order chi connectivity index (χ1) is 9.74. The number of Topliss-reactive ketones (excluding diaryl/α,β-unsaturated/α-hetero) is 1. The minimum absolute atomic E-state index is 0.00981. The van der Waals surface area contributed by atoms with Gasteiger partial charge in [-0.15, -0.1) is 0 Å². The van der Waals surface area contributed by atoms with Gasteiger partial charge in [-0.3, -0.25) is 14.8 Å². The van der Waals surface area contributed by atoms with Gasteiger partial charge in [-0.05, 0) is 25.0 Å². The van der Waals surface area contributed by atoms with E-state index >= 15 is 0 Å². The molecule has 0 saturated carbocycles. The van der Waals surface area contributed by atoms with E-state index in [1.54, 1.807) is 49.9 Å². The molecule has 2 aromatic heterocycles. The molecule has 0 atom stereocenters. The average molecular weight is 269 g/mol. The molecule has 0 N–H and O–H groups in total. The van der Waals surface area contributed by atoms with E-state index in [4.69, 9.17) is 0 Å². The summed E-state index contributed by atoms with van der Waals surface area (Å²) in [6.45, 7) is 7.27. The molecule has 0 bridgehead atoms. The first kappa shape index (κ1) is 17.5. The number of ketones is 1. The monoisotopic (exact) mass is 269 g/mol. The molecule has 0 aliphatic rings. The van der Waals surface area contributed by atoms with E-state index in [2.05, 4.69) is 26.8 Å². The molecule has 0 saturated heterocycles. The third kappa shape index (κ3) is 7.72. The molecule has 0 amide bonds. The smallest absolute Gasteiger partial charge is 0.178 e. The number of nitrogens with zero attached hydrogens (tertiary/aromatic N) is 3. The van der Waals surface area contributed by atoms with Crippen molar-refractivity contribution in [2.75, 3.05) is 0 Å². The summed E-state index contributed by atoms with van der Waals surface area (Å²) in [7, 11) is 0. The van der Waals surface area contributed by atoms with Crippen LogP contribution in [0.5, 0.6) is 0 Å².